The van der Waals surface area contributed by atoms with Gasteiger partial charge in [-0.05, 0) is 25.3 Å². The summed E-state index contributed by atoms with van der Waals surface area (Å²) >= 11 is 0. The van der Waals surface area contributed by atoms with Crippen LogP contribution in [0.2, 0.25) is 0 Å². The highest BCUT2D eigenvalue weighted by Gasteiger charge is 2.64. The molecule has 3 atom stereocenters. The largest absolute Gasteiger partial charge is 0.418 e. The van der Waals surface area contributed by atoms with E-state index in [1.54, 1.807) is 0 Å². The molecule has 1 aliphatic heterocycles. The van der Waals surface area contributed by atoms with Crippen LogP contribution in [0.15, 0.2) is 0 Å². The molecule has 1 heterocycles. The lowest BCUT2D eigenvalue weighted by atomic mass is 9.93. The maximum absolute atomic E-state index is 12.3. The second-order valence-corrected chi connectivity index (χ2v) is 3.69. The predicted octanol–water partition coefficient (Wildman–Crippen LogP) is 0.662. The number of nitrogens with one attached hydrogen (secondary N) is 1. The van der Waals surface area contributed by atoms with Crippen molar-refractivity contribution in [3.8, 4) is 0 Å². The number of aliphatic hydroxyl groups is 1. The van der Waals surface area contributed by atoms with Crippen molar-refractivity contribution in [2.24, 2.45) is 5.92 Å². The smallest absolute Gasteiger partial charge is 0.379 e. The molecule has 0 spiro atoms. The summed E-state index contributed by atoms with van der Waals surface area (Å²) in [5.41, 5.74) is -2.46. The summed E-state index contributed by atoms with van der Waals surface area (Å²) in [4.78, 5) is 0. The summed E-state index contributed by atoms with van der Waals surface area (Å²) in [6.07, 6.45) is -4.16. The van der Waals surface area contributed by atoms with Crippen molar-refractivity contribution in [3.05, 3.63) is 0 Å². The standard InChI is InChI=1S/C7H10F3NO/c8-7(9,10)6(12)2-4-1-5(6)11-3-4/h4-5,11-12H,1-3H2/t4-,5+,6-/m0/s1. The molecule has 1 aliphatic carbocycles. The van der Waals surface area contributed by atoms with Crippen LogP contribution in [0.4, 0.5) is 13.2 Å². The van der Waals surface area contributed by atoms with Crippen molar-refractivity contribution >= 4 is 0 Å². The summed E-state index contributed by atoms with van der Waals surface area (Å²) < 4.78 is 36.9. The van der Waals surface area contributed by atoms with Gasteiger partial charge in [0.1, 0.15) is 0 Å². The molecule has 1 saturated carbocycles. The Morgan fingerprint density at radius 1 is 1.42 bits per heavy atom. The Balaban J connectivity index is 2.23. The molecule has 2 N–H and O–H groups in total. The van der Waals surface area contributed by atoms with Gasteiger partial charge in [-0.2, -0.15) is 13.2 Å². The zero-order chi connectivity index (χ0) is 8.98. The van der Waals surface area contributed by atoms with E-state index in [-0.39, 0.29) is 12.3 Å². The lowest BCUT2D eigenvalue weighted by Gasteiger charge is -2.34. The summed E-state index contributed by atoms with van der Waals surface area (Å²) in [7, 11) is 0. The fourth-order valence-corrected chi connectivity index (χ4v) is 2.22. The molecule has 0 aromatic carbocycles. The number of rotatable bonds is 0. The maximum Gasteiger partial charge on any atom is 0.418 e. The van der Waals surface area contributed by atoms with Gasteiger partial charge in [0.2, 0.25) is 0 Å². The number of hydrogen-bond acceptors (Lipinski definition) is 2. The van der Waals surface area contributed by atoms with Gasteiger partial charge in [0, 0.05) is 6.04 Å². The molecule has 2 bridgehead atoms. The van der Waals surface area contributed by atoms with Gasteiger partial charge < -0.3 is 10.4 Å². The van der Waals surface area contributed by atoms with E-state index in [9.17, 15) is 18.3 Å². The van der Waals surface area contributed by atoms with Crippen LogP contribution in [0.3, 0.4) is 0 Å². The van der Waals surface area contributed by atoms with Gasteiger partial charge >= 0.3 is 6.18 Å². The molecule has 70 valence electrons. The van der Waals surface area contributed by atoms with Gasteiger partial charge in [-0.3, -0.25) is 0 Å². The highest BCUT2D eigenvalue weighted by Crippen LogP contribution is 2.48. The van der Waals surface area contributed by atoms with Gasteiger partial charge in [-0.15, -0.1) is 0 Å². The quantitative estimate of drug-likeness (QED) is 0.575. The van der Waals surface area contributed by atoms with Gasteiger partial charge in [0.15, 0.2) is 5.60 Å². The predicted molar refractivity (Wildman–Crippen MR) is 35.5 cm³/mol. The Hall–Kier alpha value is -0.290. The van der Waals surface area contributed by atoms with E-state index in [1.807, 2.05) is 0 Å². The molecule has 0 aromatic rings. The number of alkyl halides is 3. The van der Waals surface area contributed by atoms with E-state index in [2.05, 4.69) is 5.32 Å². The third kappa shape index (κ3) is 0.894. The number of halogens is 3. The first-order chi connectivity index (χ1) is 5.43. The summed E-state index contributed by atoms with van der Waals surface area (Å²) in [5, 5.41) is 12.0. The van der Waals surface area contributed by atoms with E-state index in [0.717, 1.165) is 0 Å². The molecule has 12 heavy (non-hydrogen) atoms. The Kier molecular flexibility index (Phi) is 1.48. The second-order valence-electron chi connectivity index (χ2n) is 3.69. The fourth-order valence-electron chi connectivity index (χ4n) is 2.22. The monoisotopic (exact) mass is 181 g/mol. The average molecular weight is 181 g/mol. The minimum absolute atomic E-state index is 0.00150. The van der Waals surface area contributed by atoms with Crippen LogP contribution in [0.5, 0.6) is 0 Å². The zero-order valence-electron chi connectivity index (χ0n) is 6.36. The van der Waals surface area contributed by atoms with Crippen molar-refractivity contribution in [1.82, 2.24) is 5.32 Å². The first kappa shape index (κ1) is 8.31. The molecular formula is C7H10F3NO. The fraction of sp³-hybridized carbons (Fsp3) is 1.00. The third-order valence-electron chi connectivity index (χ3n) is 2.89. The van der Waals surface area contributed by atoms with Gasteiger partial charge in [0.25, 0.3) is 0 Å². The SMILES string of the molecule is O[C@@]1(C(F)(F)F)C[C@H]2CN[C@@H]1C2. The van der Waals surface area contributed by atoms with Crippen molar-refractivity contribution in [2.45, 2.75) is 30.7 Å². The van der Waals surface area contributed by atoms with Crippen LogP contribution in [0, 0.1) is 5.92 Å². The minimum atomic E-state index is -4.49. The van der Waals surface area contributed by atoms with Crippen molar-refractivity contribution in [3.63, 3.8) is 0 Å². The lowest BCUT2D eigenvalue weighted by Crippen LogP contribution is -2.57. The molecular weight excluding hydrogens is 171 g/mol. The summed E-state index contributed by atoms with van der Waals surface area (Å²) in [6, 6.07) is -0.775. The molecule has 2 nitrogen and oxygen atoms in total. The average Bonchev–Trinajstić information content (AvgIpc) is 2.43. The summed E-state index contributed by atoms with van der Waals surface area (Å²) in [6.45, 7) is 0.614. The van der Waals surface area contributed by atoms with E-state index < -0.39 is 17.8 Å². The lowest BCUT2D eigenvalue weighted by molar-refractivity contribution is -0.268. The molecule has 0 amide bonds. The van der Waals surface area contributed by atoms with Crippen LogP contribution < -0.4 is 5.32 Å². The Labute approximate surface area is 67.8 Å². The molecule has 1 saturated heterocycles. The second kappa shape index (κ2) is 2.14. The van der Waals surface area contributed by atoms with Crippen LogP contribution in [-0.2, 0) is 0 Å². The van der Waals surface area contributed by atoms with Crippen LogP contribution in [0.1, 0.15) is 12.8 Å². The first-order valence-electron chi connectivity index (χ1n) is 3.96. The first-order valence-corrected chi connectivity index (χ1v) is 3.96. The van der Waals surface area contributed by atoms with Crippen LogP contribution in [0.25, 0.3) is 0 Å². The normalized spacial score (nSPS) is 47.0. The van der Waals surface area contributed by atoms with Gasteiger partial charge in [0.05, 0.1) is 0 Å². The van der Waals surface area contributed by atoms with E-state index in [0.29, 0.717) is 13.0 Å². The van der Waals surface area contributed by atoms with Crippen molar-refractivity contribution in [1.29, 1.82) is 0 Å². The van der Waals surface area contributed by atoms with Gasteiger partial charge in [-0.1, -0.05) is 0 Å². The molecule has 5 heteroatoms. The Bertz CT molecular complexity index is 205. The number of fused-ring (bicyclic) bond motifs is 2. The highest BCUT2D eigenvalue weighted by molar-refractivity contribution is 5.09. The van der Waals surface area contributed by atoms with E-state index in [4.69, 9.17) is 0 Å². The Morgan fingerprint density at radius 3 is 2.33 bits per heavy atom. The van der Waals surface area contributed by atoms with Crippen LogP contribution >= 0.6 is 0 Å². The molecule has 2 aliphatic rings. The number of hydrogen-bond donors (Lipinski definition) is 2. The molecule has 0 aromatic heterocycles. The highest BCUT2D eigenvalue weighted by atomic mass is 19.4. The van der Waals surface area contributed by atoms with Gasteiger partial charge in [-0.25, -0.2) is 0 Å². The molecule has 0 radical (unpaired) electrons. The van der Waals surface area contributed by atoms with E-state index >= 15 is 0 Å². The zero-order valence-corrected chi connectivity index (χ0v) is 6.36. The molecule has 2 fully saturated rings. The minimum Gasteiger partial charge on any atom is -0.379 e. The van der Waals surface area contributed by atoms with Crippen molar-refractivity contribution < 1.29 is 18.3 Å². The number of piperidine rings is 1. The topological polar surface area (TPSA) is 32.3 Å². The van der Waals surface area contributed by atoms with Crippen molar-refractivity contribution in [2.75, 3.05) is 6.54 Å². The Morgan fingerprint density at radius 2 is 2.08 bits per heavy atom. The molecule has 0 unspecified atom stereocenters. The maximum atomic E-state index is 12.3. The summed E-state index contributed by atoms with van der Waals surface area (Å²) in [5.74, 6) is 0.00150. The van der Waals surface area contributed by atoms with E-state index in [1.165, 1.54) is 0 Å². The third-order valence-corrected chi connectivity index (χ3v) is 2.89. The van der Waals surface area contributed by atoms with Crippen LogP contribution in [-0.4, -0.2) is 29.5 Å². The molecule has 2 rings (SSSR count).